The summed E-state index contributed by atoms with van der Waals surface area (Å²) in [6.45, 7) is 1.52. The lowest BCUT2D eigenvalue weighted by atomic mass is 10.1. The predicted octanol–water partition coefficient (Wildman–Crippen LogP) is 2.90. The number of non-ortho nitro benzene ring substituents is 1. The van der Waals surface area contributed by atoms with Gasteiger partial charge in [-0.05, 0) is 51.8 Å². The highest BCUT2D eigenvalue weighted by atomic mass is 79.9. The van der Waals surface area contributed by atoms with Crippen LogP contribution in [-0.2, 0) is 19.6 Å². The summed E-state index contributed by atoms with van der Waals surface area (Å²) in [5, 5.41) is 20.3. The van der Waals surface area contributed by atoms with Crippen LogP contribution in [0.3, 0.4) is 0 Å². The number of methoxy groups -OCH3 is 1. The molecule has 0 aromatic heterocycles. The molecule has 34 heavy (non-hydrogen) atoms. The lowest BCUT2D eigenvalue weighted by Gasteiger charge is -2.26. The molecule has 0 spiro atoms. The normalized spacial score (nSPS) is 14.3. The molecule has 2 aromatic carbocycles. The number of amides is 1. The van der Waals surface area contributed by atoms with Crippen molar-refractivity contribution in [1.82, 2.24) is 4.90 Å². The van der Waals surface area contributed by atoms with Gasteiger partial charge in [0.15, 0.2) is 11.5 Å². The maximum atomic E-state index is 12.7. The number of halogens is 1. The van der Waals surface area contributed by atoms with E-state index in [-0.39, 0.29) is 32.1 Å². The van der Waals surface area contributed by atoms with Crippen LogP contribution < -0.4 is 8.92 Å². The van der Waals surface area contributed by atoms with Crippen LogP contribution in [0.1, 0.15) is 5.56 Å². The first kappa shape index (κ1) is 25.2. The largest absolute Gasteiger partial charge is 0.493 e. The van der Waals surface area contributed by atoms with Crippen molar-refractivity contribution in [3.8, 4) is 17.6 Å². The van der Waals surface area contributed by atoms with Gasteiger partial charge in [0.05, 0.1) is 29.7 Å². The third-order valence-electron chi connectivity index (χ3n) is 4.74. The van der Waals surface area contributed by atoms with E-state index in [1.165, 1.54) is 30.2 Å². The van der Waals surface area contributed by atoms with Crippen LogP contribution >= 0.6 is 15.9 Å². The Balaban J connectivity index is 1.91. The quantitative estimate of drug-likeness (QED) is 0.166. The van der Waals surface area contributed by atoms with Crippen molar-refractivity contribution in [2.75, 3.05) is 33.4 Å². The van der Waals surface area contributed by atoms with Crippen molar-refractivity contribution in [2.45, 2.75) is 4.90 Å². The number of morpholine rings is 1. The summed E-state index contributed by atoms with van der Waals surface area (Å²) in [4.78, 5) is 24.0. The Morgan fingerprint density at radius 3 is 2.47 bits per heavy atom. The lowest BCUT2D eigenvalue weighted by molar-refractivity contribution is -0.384. The van der Waals surface area contributed by atoms with Gasteiger partial charge in [-0.2, -0.15) is 13.7 Å². The van der Waals surface area contributed by atoms with E-state index in [1.54, 1.807) is 0 Å². The minimum atomic E-state index is -4.35. The highest BCUT2D eigenvalue weighted by Crippen LogP contribution is 2.39. The number of nitro groups is 1. The van der Waals surface area contributed by atoms with Crippen molar-refractivity contribution in [3.05, 3.63) is 62.1 Å². The van der Waals surface area contributed by atoms with Crippen LogP contribution in [0.5, 0.6) is 11.5 Å². The summed E-state index contributed by atoms with van der Waals surface area (Å²) in [5.74, 6) is -0.597. The van der Waals surface area contributed by atoms with Gasteiger partial charge in [-0.3, -0.25) is 14.9 Å². The Morgan fingerprint density at radius 1 is 1.26 bits per heavy atom. The standard InChI is InChI=1S/C21H18BrN3O8S/c1-31-19-12-14(10-15(13-23)21(26)24-6-8-32-9-7-24)11-18(22)20(19)33-34(29,30)17-4-2-16(3-5-17)25(27)28/h2-5,10-12H,6-9H2,1H3/b15-10+. The molecule has 0 radical (unpaired) electrons. The first-order valence-electron chi connectivity index (χ1n) is 9.71. The molecule has 1 heterocycles. The van der Waals surface area contributed by atoms with Crippen molar-refractivity contribution < 1.29 is 31.8 Å². The molecule has 1 saturated heterocycles. The Kier molecular flexibility index (Phi) is 7.87. The number of nitro benzene ring substituents is 1. The number of hydrogen-bond donors (Lipinski definition) is 0. The molecule has 0 aliphatic carbocycles. The number of nitrogens with zero attached hydrogens (tertiary/aromatic N) is 3. The molecule has 1 aliphatic heterocycles. The molecular weight excluding hydrogens is 534 g/mol. The number of carbonyl (C=O) groups is 1. The molecule has 11 nitrogen and oxygen atoms in total. The van der Waals surface area contributed by atoms with E-state index in [0.717, 1.165) is 24.3 Å². The third kappa shape index (κ3) is 5.71. The third-order valence-corrected chi connectivity index (χ3v) is 6.57. The molecule has 178 valence electrons. The van der Waals surface area contributed by atoms with Gasteiger partial charge >= 0.3 is 10.1 Å². The zero-order chi connectivity index (χ0) is 24.9. The van der Waals surface area contributed by atoms with Gasteiger partial charge < -0.3 is 18.6 Å². The fraction of sp³-hybridized carbons (Fsp3) is 0.238. The summed E-state index contributed by atoms with van der Waals surface area (Å²) >= 11 is 3.24. The van der Waals surface area contributed by atoms with E-state index in [4.69, 9.17) is 13.7 Å². The van der Waals surface area contributed by atoms with E-state index >= 15 is 0 Å². The Hall–Kier alpha value is -3.47. The molecule has 1 aliphatic rings. The van der Waals surface area contributed by atoms with Crippen molar-refractivity contribution in [3.63, 3.8) is 0 Å². The maximum absolute atomic E-state index is 12.7. The molecule has 0 saturated carbocycles. The summed E-state index contributed by atoms with van der Waals surface area (Å²) in [6.07, 6.45) is 1.36. The molecule has 0 bridgehead atoms. The summed E-state index contributed by atoms with van der Waals surface area (Å²) in [7, 11) is -3.06. The van der Waals surface area contributed by atoms with Crippen molar-refractivity contribution in [1.29, 1.82) is 5.26 Å². The fourth-order valence-corrected chi connectivity index (χ4v) is 4.65. The van der Waals surface area contributed by atoms with Crippen LogP contribution in [0.15, 0.2) is 51.3 Å². The molecule has 0 atom stereocenters. The lowest BCUT2D eigenvalue weighted by Crippen LogP contribution is -2.41. The Bertz CT molecular complexity index is 1280. The number of nitriles is 1. The fourth-order valence-electron chi connectivity index (χ4n) is 3.04. The number of benzene rings is 2. The molecule has 0 unspecified atom stereocenters. The van der Waals surface area contributed by atoms with E-state index < -0.39 is 20.9 Å². The topological polar surface area (TPSA) is 149 Å². The number of carbonyl (C=O) groups excluding carboxylic acids is 1. The van der Waals surface area contributed by atoms with Crippen LogP contribution in [0.2, 0.25) is 0 Å². The number of hydrogen-bond acceptors (Lipinski definition) is 9. The molecule has 3 rings (SSSR count). The molecule has 13 heteroatoms. The van der Waals surface area contributed by atoms with Crippen LogP contribution in [0.4, 0.5) is 5.69 Å². The van der Waals surface area contributed by atoms with Crippen LogP contribution in [0, 0.1) is 21.4 Å². The van der Waals surface area contributed by atoms with Gasteiger partial charge in [0.25, 0.3) is 11.6 Å². The van der Waals surface area contributed by atoms with Crippen LogP contribution in [0.25, 0.3) is 6.08 Å². The first-order chi connectivity index (χ1) is 16.2. The summed E-state index contributed by atoms with van der Waals surface area (Å²) < 4.78 is 41.3. The SMILES string of the molecule is COc1cc(/C=C(\C#N)C(=O)N2CCOCC2)cc(Br)c1OS(=O)(=O)c1ccc([N+](=O)[O-])cc1. The molecule has 0 N–H and O–H groups in total. The van der Waals surface area contributed by atoms with Gasteiger partial charge in [-0.15, -0.1) is 0 Å². The van der Waals surface area contributed by atoms with Crippen molar-refractivity contribution >= 4 is 43.7 Å². The van der Waals surface area contributed by atoms with E-state index in [2.05, 4.69) is 15.9 Å². The number of rotatable bonds is 7. The molecular formula is C21H18BrN3O8S. The van der Waals surface area contributed by atoms with E-state index in [9.17, 15) is 28.6 Å². The average molecular weight is 552 g/mol. The second-order valence-electron chi connectivity index (χ2n) is 6.90. The number of ether oxygens (including phenoxy) is 2. The van der Waals surface area contributed by atoms with Gasteiger partial charge in [0.1, 0.15) is 16.5 Å². The predicted molar refractivity (Wildman–Crippen MR) is 123 cm³/mol. The Morgan fingerprint density at radius 2 is 1.91 bits per heavy atom. The van der Waals surface area contributed by atoms with Crippen LogP contribution in [-0.4, -0.2) is 57.6 Å². The molecule has 1 amide bonds. The minimum Gasteiger partial charge on any atom is -0.493 e. The molecule has 1 fully saturated rings. The summed E-state index contributed by atoms with van der Waals surface area (Å²) in [5.41, 5.74) is 0.0127. The first-order valence-corrected chi connectivity index (χ1v) is 11.9. The van der Waals surface area contributed by atoms with Crippen molar-refractivity contribution in [2.24, 2.45) is 0 Å². The highest BCUT2D eigenvalue weighted by molar-refractivity contribution is 9.10. The average Bonchev–Trinajstić information content (AvgIpc) is 2.84. The maximum Gasteiger partial charge on any atom is 0.339 e. The van der Waals surface area contributed by atoms with Gasteiger partial charge in [0, 0.05) is 25.2 Å². The summed E-state index contributed by atoms with van der Waals surface area (Å²) in [6, 6.07) is 8.97. The Labute approximate surface area is 203 Å². The molecule has 2 aromatic rings. The monoisotopic (exact) mass is 551 g/mol. The second kappa shape index (κ2) is 10.6. The second-order valence-corrected chi connectivity index (χ2v) is 9.30. The zero-order valence-corrected chi connectivity index (χ0v) is 20.2. The minimum absolute atomic E-state index is 0.0159. The van der Waals surface area contributed by atoms with Gasteiger partial charge in [-0.25, -0.2) is 0 Å². The zero-order valence-electron chi connectivity index (χ0n) is 17.8. The smallest absolute Gasteiger partial charge is 0.339 e. The van der Waals surface area contributed by atoms with E-state index in [1.807, 2.05) is 6.07 Å². The highest BCUT2D eigenvalue weighted by Gasteiger charge is 2.24. The van der Waals surface area contributed by atoms with Gasteiger partial charge in [0.2, 0.25) is 0 Å². The van der Waals surface area contributed by atoms with Gasteiger partial charge in [-0.1, -0.05) is 0 Å². The van der Waals surface area contributed by atoms with E-state index in [0.29, 0.717) is 31.9 Å².